The molecule has 0 spiro atoms. The summed E-state index contributed by atoms with van der Waals surface area (Å²) < 4.78 is 5.41. The molecule has 0 saturated heterocycles. The summed E-state index contributed by atoms with van der Waals surface area (Å²) in [5.74, 6) is 0. The van der Waals surface area contributed by atoms with Gasteiger partial charge in [0.05, 0.1) is 5.60 Å². The van der Waals surface area contributed by atoms with Gasteiger partial charge in [0.1, 0.15) is 0 Å². The molecule has 16 heavy (non-hydrogen) atoms. The van der Waals surface area contributed by atoms with E-state index in [-0.39, 0.29) is 17.6 Å². The monoisotopic (exact) mass is 228 g/mol. The molecule has 96 valence electrons. The van der Waals surface area contributed by atoms with Gasteiger partial charge in [-0.15, -0.1) is 6.58 Å². The number of ether oxygens (including phenoxy) is 1. The molecule has 1 N–H and O–H groups in total. The fourth-order valence-electron chi connectivity index (χ4n) is 2.04. The molecule has 2 nitrogen and oxygen atoms in total. The summed E-state index contributed by atoms with van der Waals surface area (Å²) in [7, 11) is 1.72. The average Bonchev–Trinajstić information content (AvgIpc) is 2.29. The van der Waals surface area contributed by atoms with Gasteiger partial charge in [0.2, 0.25) is 0 Å². The SMILES string of the molecule is C=CC(C)(CCCC(C)(CO)CCC)OC. The Morgan fingerprint density at radius 3 is 2.25 bits per heavy atom. The third kappa shape index (κ3) is 5.13. The summed E-state index contributed by atoms with van der Waals surface area (Å²) in [6.07, 6.45) is 7.15. The number of aliphatic hydroxyl groups excluding tert-OH is 1. The summed E-state index contributed by atoms with van der Waals surface area (Å²) in [5.41, 5.74) is -0.146. The Balaban J connectivity index is 4.08. The molecule has 0 aromatic heterocycles. The second-order valence-electron chi connectivity index (χ2n) is 5.29. The lowest BCUT2D eigenvalue weighted by Crippen LogP contribution is -2.26. The smallest absolute Gasteiger partial charge is 0.0828 e. The highest BCUT2D eigenvalue weighted by molar-refractivity contribution is 4.93. The van der Waals surface area contributed by atoms with Crippen LogP contribution < -0.4 is 0 Å². The van der Waals surface area contributed by atoms with Gasteiger partial charge in [-0.05, 0) is 38.0 Å². The Kier molecular flexibility index (Phi) is 6.93. The Labute approximate surface area is 101 Å². The van der Waals surface area contributed by atoms with Crippen molar-refractivity contribution in [3.63, 3.8) is 0 Å². The largest absolute Gasteiger partial charge is 0.396 e. The molecule has 0 aromatic carbocycles. The van der Waals surface area contributed by atoms with Crippen LogP contribution in [-0.2, 0) is 4.74 Å². The average molecular weight is 228 g/mol. The minimum absolute atomic E-state index is 0.0740. The second-order valence-corrected chi connectivity index (χ2v) is 5.29. The second kappa shape index (κ2) is 7.08. The van der Waals surface area contributed by atoms with E-state index in [9.17, 15) is 5.11 Å². The molecule has 0 amide bonds. The molecule has 2 heteroatoms. The first kappa shape index (κ1) is 15.7. The van der Waals surface area contributed by atoms with Crippen LogP contribution in [-0.4, -0.2) is 24.4 Å². The van der Waals surface area contributed by atoms with Crippen molar-refractivity contribution < 1.29 is 9.84 Å². The van der Waals surface area contributed by atoms with E-state index >= 15 is 0 Å². The minimum Gasteiger partial charge on any atom is -0.396 e. The van der Waals surface area contributed by atoms with E-state index in [4.69, 9.17) is 4.74 Å². The van der Waals surface area contributed by atoms with Crippen LogP contribution in [0.3, 0.4) is 0 Å². The van der Waals surface area contributed by atoms with E-state index in [1.54, 1.807) is 7.11 Å². The van der Waals surface area contributed by atoms with Gasteiger partial charge in [-0.25, -0.2) is 0 Å². The normalized spacial score (nSPS) is 18.8. The fourth-order valence-corrected chi connectivity index (χ4v) is 2.04. The first-order chi connectivity index (χ1) is 7.45. The van der Waals surface area contributed by atoms with Gasteiger partial charge in [0.25, 0.3) is 0 Å². The summed E-state index contributed by atoms with van der Waals surface area (Å²) in [6.45, 7) is 10.5. The zero-order chi connectivity index (χ0) is 12.7. The van der Waals surface area contributed by atoms with Gasteiger partial charge in [-0.1, -0.05) is 26.3 Å². The first-order valence-electron chi connectivity index (χ1n) is 6.25. The van der Waals surface area contributed by atoms with Crippen LogP contribution in [0, 0.1) is 5.41 Å². The molecule has 0 aliphatic rings. The Bertz CT molecular complexity index is 203. The Hall–Kier alpha value is -0.340. The third-order valence-corrected chi connectivity index (χ3v) is 3.59. The molecule has 0 fully saturated rings. The summed E-state index contributed by atoms with van der Waals surface area (Å²) in [5, 5.41) is 9.41. The fraction of sp³-hybridized carbons (Fsp3) is 0.857. The zero-order valence-corrected chi connectivity index (χ0v) is 11.4. The van der Waals surface area contributed by atoms with Gasteiger partial charge in [0, 0.05) is 13.7 Å². The Morgan fingerprint density at radius 2 is 1.88 bits per heavy atom. The molecule has 0 saturated carbocycles. The van der Waals surface area contributed by atoms with Gasteiger partial charge in [0.15, 0.2) is 0 Å². The molecule has 0 bridgehead atoms. The summed E-state index contributed by atoms with van der Waals surface area (Å²) >= 11 is 0. The van der Waals surface area contributed by atoms with Gasteiger partial charge in [-0.3, -0.25) is 0 Å². The van der Waals surface area contributed by atoms with Gasteiger partial charge >= 0.3 is 0 Å². The lowest BCUT2D eigenvalue weighted by molar-refractivity contribution is 0.0332. The van der Waals surface area contributed by atoms with E-state index in [1.807, 2.05) is 6.08 Å². The highest BCUT2D eigenvalue weighted by atomic mass is 16.5. The number of methoxy groups -OCH3 is 1. The molecule has 0 aliphatic heterocycles. The predicted octanol–water partition coefficient (Wildman–Crippen LogP) is 3.55. The van der Waals surface area contributed by atoms with Gasteiger partial charge < -0.3 is 9.84 Å². The quantitative estimate of drug-likeness (QED) is 0.612. The predicted molar refractivity (Wildman–Crippen MR) is 69.6 cm³/mol. The topological polar surface area (TPSA) is 29.5 Å². The molecule has 2 unspecified atom stereocenters. The number of aliphatic hydroxyl groups is 1. The lowest BCUT2D eigenvalue weighted by Gasteiger charge is -2.29. The van der Waals surface area contributed by atoms with E-state index < -0.39 is 0 Å². The lowest BCUT2D eigenvalue weighted by atomic mass is 9.80. The Morgan fingerprint density at radius 1 is 1.25 bits per heavy atom. The minimum atomic E-state index is -0.220. The van der Waals surface area contributed by atoms with Crippen molar-refractivity contribution in [1.29, 1.82) is 0 Å². The maximum atomic E-state index is 9.41. The van der Waals surface area contributed by atoms with Crippen molar-refractivity contribution in [2.75, 3.05) is 13.7 Å². The first-order valence-corrected chi connectivity index (χ1v) is 6.25. The molecule has 0 heterocycles. The van der Waals surface area contributed by atoms with Crippen LogP contribution in [0.25, 0.3) is 0 Å². The summed E-state index contributed by atoms with van der Waals surface area (Å²) in [6, 6.07) is 0. The van der Waals surface area contributed by atoms with Crippen molar-refractivity contribution in [2.24, 2.45) is 5.41 Å². The van der Waals surface area contributed by atoms with Crippen LogP contribution in [0.5, 0.6) is 0 Å². The van der Waals surface area contributed by atoms with Crippen molar-refractivity contribution in [3.05, 3.63) is 12.7 Å². The summed E-state index contributed by atoms with van der Waals surface area (Å²) in [4.78, 5) is 0. The van der Waals surface area contributed by atoms with Crippen molar-refractivity contribution in [2.45, 2.75) is 58.5 Å². The number of hydrogen-bond donors (Lipinski definition) is 1. The van der Waals surface area contributed by atoms with Crippen LogP contribution >= 0.6 is 0 Å². The standard InChI is InChI=1S/C14H28O2/c1-6-9-13(3,12-15)10-8-11-14(4,7-2)16-5/h7,15H,2,6,8-12H2,1,3-5H3. The van der Waals surface area contributed by atoms with Gasteiger partial charge in [-0.2, -0.15) is 0 Å². The number of hydrogen-bond acceptors (Lipinski definition) is 2. The zero-order valence-electron chi connectivity index (χ0n) is 11.4. The molecule has 0 aliphatic carbocycles. The maximum absolute atomic E-state index is 9.41. The van der Waals surface area contributed by atoms with Crippen LogP contribution in [0.15, 0.2) is 12.7 Å². The third-order valence-electron chi connectivity index (χ3n) is 3.59. The van der Waals surface area contributed by atoms with Crippen molar-refractivity contribution >= 4 is 0 Å². The highest BCUT2D eigenvalue weighted by Crippen LogP contribution is 2.31. The van der Waals surface area contributed by atoms with E-state index in [2.05, 4.69) is 27.4 Å². The molecule has 0 aromatic rings. The van der Waals surface area contributed by atoms with E-state index in [0.717, 1.165) is 32.1 Å². The molecular formula is C14H28O2. The maximum Gasteiger partial charge on any atom is 0.0828 e. The van der Waals surface area contributed by atoms with Crippen LogP contribution in [0.4, 0.5) is 0 Å². The molecule has 0 radical (unpaired) electrons. The molecular weight excluding hydrogens is 200 g/mol. The van der Waals surface area contributed by atoms with E-state index in [1.165, 1.54) is 0 Å². The number of rotatable bonds is 9. The van der Waals surface area contributed by atoms with Crippen LogP contribution in [0.1, 0.15) is 52.9 Å². The van der Waals surface area contributed by atoms with E-state index in [0.29, 0.717) is 0 Å². The highest BCUT2D eigenvalue weighted by Gasteiger charge is 2.24. The van der Waals surface area contributed by atoms with Crippen molar-refractivity contribution in [1.82, 2.24) is 0 Å². The van der Waals surface area contributed by atoms with Crippen molar-refractivity contribution in [3.8, 4) is 0 Å². The van der Waals surface area contributed by atoms with Crippen LogP contribution in [0.2, 0.25) is 0 Å². The molecule has 0 rings (SSSR count). The molecule has 2 atom stereocenters.